The molecule has 0 aliphatic rings. The SMILES string of the molecule is [AlH3].[O]=[Cu].[Ta]. The van der Waals surface area contributed by atoms with Gasteiger partial charge in [0.2, 0.25) is 0 Å². The molecule has 1 radical (unpaired) electrons. The first-order valence-corrected chi connectivity index (χ1v) is 0.508. The van der Waals surface area contributed by atoms with Gasteiger partial charge in [0.05, 0.1) is 0 Å². The van der Waals surface area contributed by atoms with Crippen LogP contribution in [0.4, 0.5) is 0 Å². The average Bonchev–Trinajstić information content (AvgIpc) is 1.00. The molecule has 1 nitrogen and oxygen atoms in total. The van der Waals surface area contributed by atoms with Crippen molar-refractivity contribution >= 4 is 17.4 Å². The fourth-order valence-corrected chi connectivity index (χ4v) is 0. The van der Waals surface area contributed by atoms with E-state index in [1.165, 1.54) is 0 Å². The second kappa shape index (κ2) is 23.4. The molecule has 4 heteroatoms. The molecule has 0 aromatic carbocycles. The van der Waals surface area contributed by atoms with Crippen LogP contribution in [0.25, 0.3) is 0 Å². The molecule has 0 heterocycles. The van der Waals surface area contributed by atoms with Crippen molar-refractivity contribution in [1.29, 1.82) is 0 Å². The van der Waals surface area contributed by atoms with Gasteiger partial charge in [-0.2, -0.15) is 0 Å². The summed E-state index contributed by atoms with van der Waals surface area (Å²) in [5.41, 5.74) is 0. The normalized spacial score (nSPS) is 1.50. The molecule has 0 rings (SSSR count). The van der Waals surface area contributed by atoms with Crippen LogP contribution in [0.5, 0.6) is 0 Å². The molecule has 4 heavy (non-hydrogen) atoms. The summed E-state index contributed by atoms with van der Waals surface area (Å²) >= 11 is 2.94. The summed E-state index contributed by atoms with van der Waals surface area (Å²) in [7, 11) is 0. The minimum absolute atomic E-state index is 0. The summed E-state index contributed by atoms with van der Waals surface area (Å²) in [6, 6.07) is 0. The van der Waals surface area contributed by atoms with Gasteiger partial charge in [-0.15, -0.1) is 0 Å². The van der Waals surface area contributed by atoms with Crippen LogP contribution in [-0.2, 0) is 42.2 Å². The summed E-state index contributed by atoms with van der Waals surface area (Å²) in [5.74, 6) is 0. The van der Waals surface area contributed by atoms with Crippen molar-refractivity contribution in [2.45, 2.75) is 0 Å². The quantitative estimate of drug-likeness (QED) is 0.507. The van der Waals surface area contributed by atoms with Gasteiger partial charge in [0, 0.05) is 22.4 Å². The summed E-state index contributed by atoms with van der Waals surface area (Å²) in [6.45, 7) is 0. The van der Waals surface area contributed by atoms with Crippen molar-refractivity contribution in [2.75, 3.05) is 0 Å². The Morgan fingerprint density at radius 2 is 1.25 bits per heavy atom. The summed E-state index contributed by atoms with van der Waals surface area (Å²) in [5, 5.41) is 0. The smallest absolute Gasteiger partial charge is 0 e. The Kier molecular flexibility index (Phi) is 103. The number of rotatable bonds is 0. The topological polar surface area (TPSA) is 17.1 Å². The van der Waals surface area contributed by atoms with E-state index in [2.05, 4.69) is 15.9 Å². The van der Waals surface area contributed by atoms with Gasteiger partial charge in [-0.25, -0.2) is 0 Å². The van der Waals surface area contributed by atoms with Crippen molar-refractivity contribution < 1.29 is 42.2 Å². The molecule has 0 unspecified atom stereocenters. The standard InChI is InChI=1S/Al.Cu.O.Ta.3H. The van der Waals surface area contributed by atoms with Gasteiger partial charge >= 0.3 is 19.8 Å². The Morgan fingerprint density at radius 3 is 1.25 bits per heavy atom. The molecule has 0 saturated heterocycles. The molecule has 0 fully saturated rings. The average molecular weight is 290 g/mol. The van der Waals surface area contributed by atoms with Crippen LogP contribution in [0, 0.1) is 0 Å². The second-order valence-corrected chi connectivity index (χ2v) is 0. The predicted molar refractivity (Wildman–Crippen MR) is 10.6 cm³/mol. The van der Waals surface area contributed by atoms with E-state index < -0.39 is 0 Å². The van der Waals surface area contributed by atoms with E-state index in [0.29, 0.717) is 0 Å². The van der Waals surface area contributed by atoms with Gasteiger partial charge in [0.1, 0.15) is 0 Å². The maximum Gasteiger partial charge on any atom is 0 e. The number of hydrogen-bond acceptors (Lipinski definition) is 1. The monoisotopic (exact) mass is 290 g/mol. The zero-order valence-corrected chi connectivity index (χ0v) is 5.31. The summed E-state index contributed by atoms with van der Waals surface area (Å²) in [4.78, 5) is 0. The molecule has 0 bridgehead atoms. The van der Waals surface area contributed by atoms with E-state index in [9.17, 15) is 0 Å². The van der Waals surface area contributed by atoms with Crippen molar-refractivity contribution in [3.8, 4) is 0 Å². The minimum atomic E-state index is 0. The summed E-state index contributed by atoms with van der Waals surface area (Å²) < 4.78 is 7.81. The molecule has 0 aromatic rings. The molecule has 0 aliphatic carbocycles. The van der Waals surface area contributed by atoms with Crippen LogP contribution in [0.15, 0.2) is 0 Å². The Bertz CT molecular complexity index is 8.00. The molecule has 0 saturated carbocycles. The van der Waals surface area contributed by atoms with Gasteiger partial charge < -0.3 is 0 Å². The van der Waals surface area contributed by atoms with Gasteiger partial charge in [0.25, 0.3) is 0 Å². The molecule has 0 aromatic heterocycles. The van der Waals surface area contributed by atoms with E-state index in [4.69, 9.17) is 3.83 Å². The Labute approximate surface area is 59.2 Å². The molecule has 0 aliphatic heterocycles. The first-order chi connectivity index (χ1) is 1.00. The van der Waals surface area contributed by atoms with E-state index in [0.717, 1.165) is 0 Å². The first-order valence-electron chi connectivity index (χ1n) is 0.123. The fraction of sp³-hybridized carbons (Fsp3) is 0. The zero-order valence-electron chi connectivity index (χ0n) is 1.16. The summed E-state index contributed by atoms with van der Waals surface area (Å²) in [6.07, 6.45) is 0. The van der Waals surface area contributed by atoms with Crippen LogP contribution in [0.1, 0.15) is 0 Å². The van der Waals surface area contributed by atoms with Crippen molar-refractivity contribution in [3.05, 3.63) is 0 Å². The third kappa shape index (κ3) is 9.52. The van der Waals surface area contributed by atoms with Crippen molar-refractivity contribution in [2.24, 2.45) is 0 Å². The molecule has 0 N–H and O–H groups in total. The van der Waals surface area contributed by atoms with E-state index in [1.54, 1.807) is 0 Å². The van der Waals surface area contributed by atoms with Crippen molar-refractivity contribution in [1.82, 2.24) is 0 Å². The third-order valence-corrected chi connectivity index (χ3v) is 0. The van der Waals surface area contributed by atoms with Crippen LogP contribution < -0.4 is 0 Å². The zero-order chi connectivity index (χ0) is 2.00. The maximum absolute atomic E-state index is 7.81. The molecule has 28 valence electrons. The van der Waals surface area contributed by atoms with Crippen LogP contribution >= 0.6 is 0 Å². The minimum Gasteiger partial charge on any atom is 0 e. The molecular formula is H3AlCuOTa. The van der Waals surface area contributed by atoms with E-state index in [-0.39, 0.29) is 39.7 Å². The van der Waals surface area contributed by atoms with Gasteiger partial charge in [0.15, 0.2) is 17.4 Å². The van der Waals surface area contributed by atoms with Crippen LogP contribution in [0.2, 0.25) is 0 Å². The van der Waals surface area contributed by atoms with Crippen molar-refractivity contribution in [3.63, 3.8) is 0 Å². The number of hydrogen-bond donors (Lipinski definition) is 0. The second-order valence-electron chi connectivity index (χ2n) is 0. The Morgan fingerprint density at radius 1 is 1.25 bits per heavy atom. The Hall–Kier alpha value is 1.59. The predicted octanol–water partition coefficient (Wildman–Crippen LogP) is -1.31. The van der Waals surface area contributed by atoms with Crippen LogP contribution in [0.3, 0.4) is 0 Å². The maximum atomic E-state index is 7.81. The van der Waals surface area contributed by atoms with E-state index in [1.807, 2.05) is 0 Å². The fourth-order valence-electron chi connectivity index (χ4n) is 0. The van der Waals surface area contributed by atoms with Crippen LogP contribution in [-0.4, -0.2) is 17.4 Å². The Balaban J connectivity index is -0.00000000500. The largest absolute Gasteiger partial charge is 0 e. The molecule has 0 spiro atoms. The van der Waals surface area contributed by atoms with Gasteiger partial charge in [-0.1, -0.05) is 0 Å². The van der Waals surface area contributed by atoms with Gasteiger partial charge in [-0.3, -0.25) is 0 Å². The molecular weight excluding hydrogens is 287 g/mol. The molecule has 0 amide bonds. The van der Waals surface area contributed by atoms with E-state index >= 15 is 0 Å². The van der Waals surface area contributed by atoms with Gasteiger partial charge in [-0.05, 0) is 0 Å². The third-order valence-electron chi connectivity index (χ3n) is 0. The molecule has 0 atom stereocenters. The first kappa shape index (κ1) is 17.6.